The normalized spacial score (nSPS) is 14.9. The molecule has 0 unspecified atom stereocenters. The second-order valence-electron chi connectivity index (χ2n) is 4.42. The van der Waals surface area contributed by atoms with Gasteiger partial charge in [0, 0.05) is 5.02 Å². The summed E-state index contributed by atoms with van der Waals surface area (Å²) in [5.74, 6) is 1.34. The van der Waals surface area contributed by atoms with E-state index in [2.05, 4.69) is 0 Å². The second kappa shape index (κ2) is 4.46. The summed E-state index contributed by atoms with van der Waals surface area (Å²) >= 11 is 6.09. The van der Waals surface area contributed by atoms with Crippen molar-refractivity contribution in [1.29, 1.82) is 0 Å². The molecule has 0 amide bonds. The minimum atomic E-state index is 0.580. The Morgan fingerprint density at radius 3 is 2.75 bits per heavy atom. The molecule has 1 aromatic carbocycles. The van der Waals surface area contributed by atoms with Gasteiger partial charge in [0.05, 0.1) is 12.2 Å². The van der Waals surface area contributed by atoms with E-state index >= 15 is 0 Å². The van der Waals surface area contributed by atoms with Crippen LogP contribution in [0, 0.1) is 19.8 Å². The summed E-state index contributed by atoms with van der Waals surface area (Å²) in [6.45, 7) is 4.48. The molecule has 0 aromatic heterocycles. The van der Waals surface area contributed by atoms with E-state index in [9.17, 15) is 4.79 Å². The van der Waals surface area contributed by atoms with Crippen LogP contribution >= 0.6 is 11.6 Å². The van der Waals surface area contributed by atoms with Gasteiger partial charge in [-0.3, -0.25) is 4.79 Å². The maximum Gasteiger partial charge on any atom is 0.154 e. The number of rotatable bonds is 4. The van der Waals surface area contributed by atoms with Crippen molar-refractivity contribution in [3.05, 3.63) is 27.8 Å². The van der Waals surface area contributed by atoms with Gasteiger partial charge in [0.15, 0.2) is 6.29 Å². The van der Waals surface area contributed by atoms with Gasteiger partial charge in [-0.1, -0.05) is 11.6 Å². The van der Waals surface area contributed by atoms with Crippen molar-refractivity contribution in [2.45, 2.75) is 26.7 Å². The molecule has 1 aromatic rings. The lowest BCUT2D eigenvalue weighted by Crippen LogP contribution is -2.03. The highest BCUT2D eigenvalue weighted by atomic mass is 35.5. The van der Waals surface area contributed by atoms with E-state index in [0.29, 0.717) is 28.9 Å². The van der Waals surface area contributed by atoms with Gasteiger partial charge in [-0.15, -0.1) is 0 Å². The van der Waals surface area contributed by atoms with E-state index in [-0.39, 0.29) is 0 Å². The van der Waals surface area contributed by atoms with E-state index < -0.39 is 0 Å². The van der Waals surface area contributed by atoms with Crippen LogP contribution in [-0.4, -0.2) is 12.9 Å². The third-order valence-corrected chi connectivity index (χ3v) is 3.56. The van der Waals surface area contributed by atoms with E-state index in [1.54, 1.807) is 0 Å². The first-order valence-corrected chi connectivity index (χ1v) is 5.89. The summed E-state index contributed by atoms with van der Waals surface area (Å²) in [5.41, 5.74) is 2.34. The van der Waals surface area contributed by atoms with Crippen molar-refractivity contribution in [3.8, 4) is 5.75 Å². The summed E-state index contributed by atoms with van der Waals surface area (Å²) in [4.78, 5) is 11.0. The molecule has 1 saturated carbocycles. The molecule has 3 heteroatoms. The smallest absolute Gasteiger partial charge is 0.154 e. The van der Waals surface area contributed by atoms with Crippen LogP contribution in [0.25, 0.3) is 0 Å². The van der Waals surface area contributed by atoms with Crippen LogP contribution in [-0.2, 0) is 0 Å². The first kappa shape index (κ1) is 11.5. The highest BCUT2D eigenvalue weighted by Crippen LogP contribution is 2.33. The van der Waals surface area contributed by atoms with Crippen molar-refractivity contribution >= 4 is 17.9 Å². The minimum absolute atomic E-state index is 0.580. The van der Waals surface area contributed by atoms with Crippen molar-refractivity contribution in [2.24, 2.45) is 5.92 Å². The number of halogens is 1. The molecule has 1 aliphatic carbocycles. The quantitative estimate of drug-likeness (QED) is 0.750. The highest BCUT2D eigenvalue weighted by molar-refractivity contribution is 6.32. The summed E-state index contributed by atoms with van der Waals surface area (Å²) < 4.78 is 5.68. The number of aryl methyl sites for hydroxylation is 1. The average Bonchev–Trinajstić information content (AvgIpc) is 3.07. The molecule has 1 fully saturated rings. The van der Waals surface area contributed by atoms with Gasteiger partial charge in [0.2, 0.25) is 0 Å². The van der Waals surface area contributed by atoms with Gasteiger partial charge in [0.1, 0.15) is 5.75 Å². The molecule has 2 rings (SSSR count). The standard InChI is InChI=1S/C13H15ClO2/c1-8-5-12(16-7-10-3-4-10)11(6-15)9(2)13(8)14/h5-6,10H,3-4,7H2,1-2H3. The van der Waals surface area contributed by atoms with Gasteiger partial charge in [-0.05, 0) is 49.8 Å². The Morgan fingerprint density at radius 1 is 1.50 bits per heavy atom. The van der Waals surface area contributed by atoms with E-state index in [0.717, 1.165) is 17.4 Å². The van der Waals surface area contributed by atoms with Crippen LogP contribution in [0.3, 0.4) is 0 Å². The van der Waals surface area contributed by atoms with Gasteiger partial charge in [-0.25, -0.2) is 0 Å². The first-order chi connectivity index (χ1) is 7.63. The van der Waals surface area contributed by atoms with Gasteiger partial charge in [-0.2, -0.15) is 0 Å². The third kappa shape index (κ3) is 2.22. The summed E-state index contributed by atoms with van der Waals surface area (Å²) in [6, 6.07) is 1.85. The van der Waals surface area contributed by atoms with Crippen LogP contribution in [0.5, 0.6) is 5.75 Å². The van der Waals surface area contributed by atoms with Gasteiger partial charge in [0.25, 0.3) is 0 Å². The summed E-state index contributed by atoms with van der Waals surface area (Å²) in [5, 5.41) is 0.654. The number of ether oxygens (including phenoxy) is 1. The maximum atomic E-state index is 11.0. The SMILES string of the molecule is Cc1cc(OCC2CC2)c(C=O)c(C)c1Cl. The fourth-order valence-corrected chi connectivity index (χ4v) is 1.85. The molecular formula is C13H15ClO2. The average molecular weight is 239 g/mol. The molecule has 86 valence electrons. The van der Waals surface area contributed by atoms with Crippen molar-refractivity contribution < 1.29 is 9.53 Å². The molecule has 0 spiro atoms. The zero-order valence-electron chi connectivity index (χ0n) is 9.55. The number of carbonyl (C=O) groups is 1. The predicted molar refractivity (Wildman–Crippen MR) is 64.5 cm³/mol. The van der Waals surface area contributed by atoms with E-state index in [4.69, 9.17) is 16.3 Å². The molecule has 0 N–H and O–H groups in total. The number of aldehydes is 1. The fourth-order valence-electron chi connectivity index (χ4n) is 1.69. The molecule has 1 aliphatic rings. The maximum absolute atomic E-state index is 11.0. The Hall–Kier alpha value is -1.02. The van der Waals surface area contributed by atoms with Crippen LogP contribution in [0.15, 0.2) is 6.07 Å². The Balaban J connectivity index is 2.29. The number of hydrogen-bond donors (Lipinski definition) is 0. The topological polar surface area (TPSA) is 26.3 Å². The second-order valence-corrected chi connectivity index (χ2v) is 4.79. The molecule has 0 saturated heterocycles. The molecular weight excluding hydrogens is 224 g/mol. The minimum Gasteiger partial charge on any atom is -0.493 e. The summed E-state index contributed by atoms with van der Waals surface area (Å²) in [6.07, 6.45) is 3.30. The zero-order valence-corrected chi connectivity index (χ0v) is 10.3. The predicted octanol–water partition coefficient (Wildman–Crippen LogP) is 3.56. The summed E-state index contributed by atoms with van der Waals surface area (Å²) in [7, 11) is 0. The first-order valence-electron chi connectivity index (χ1n) is 5.51. The lowest BCUT2D eigenvalue weighted by molar-refractivity contribution is 0.111. The van der Waals surface area contributed by atoms with Crippen molar-refractivity contribution in [3.63, 3.8) is 0 Å². The van der Waals surface area contributed by atoms with E-state index in [1.807, 2.05) is 19.9 Å². The third-order valence-electron chi connectivity index (χ3n) is 2.98. The zero-order chi connectivity index (χ0) is 11.7. The Bertz CT molecular complexity index is 422. The Kier molecular flexibility index (Phi) is 3.20. The monoisotopic (exact) mass is 238 g/mol. The van der Waals surface area contributed by atoms with Crippen LogP contribution in [0.2, 0.25) is 5.02 Å². The molecule has 0 radical (unpaired) electrons. The lowest BCUT2D eigenvalue weighted by Gasteiger charge is -2.13. The number of carbonyl (C=O) groups excluding carboxylic acids is 1. The number of benzene rings is 1. The molecule has 2 nitrogen and oxygen atoms in total. The van der Waals surface area contributed by atoms with Crippen LogP contribution < -0.4 is 4.74 Å². The van der Waals surface area contributed by atoms with Gasteiger partial charge < -0.3 is 4.74 Å². The molecule has 0 heterocycles. The highest BCUT2D eigenvalue weighted by Gasteiger charge is 2.23. The Morgan fingerprint density at radius 2 is 2.19 bits per heavy atom. The largest absolute Gasteiger partial charge is 0.493 e. The molecule has 0 aliphatic heterocycles. The van der Waals surface area contributed by atoms with E-state index in [1.165, 1.54) is 12.8 Å². The van der Waals surface area contributed by atoms with Crippen molar-refractivity contribution in [1.82, 2.24) is 0 Å². The Labute approximate surface area is 101 Å². The molecule has 0 bridgehead atoms. The van der Waals surface area contributed by atoms with Crippen LogP contribution in [0.1, 0.15) is 34.3 Å². The lowest BCUT2D eigenvalue weighted by atomic mass is 10.1. The number of hydrogen-bond acceptors (Lipinski definition) is 2. The molecule has 0 atom stereocenters. The fraction of sp³-hybridized carbons (Fsp3) is 0.462. The van der Waals surface area contributed by atoms with Crippen molar-refractivity contribution in [2.75, 3.05) is 6.61 Å². The van der Waals surface area contributed by atoms with Gasteiger partial charge >= 0.3 is 0 Å². The van der Waals surface area contributed by atoms with Crippen LogP contribution in [0.4, 0.5) is 0 Å². The molecule has 16 heavy (non-hydrogen) atoms.